The summed E-state index contributed by atoms with van der Waals surface area (Å²) in [6.45, 7) is 4.42. The first-order valence-corrected chi connectivity index (χ1v) is 14.9. The van der Waals surface area contributed by atoms with Gasteiger partial charge in [-0.25, -0.2) is 12.8 Å². The molecule has 1 aromatic heterocycles. The Kier molecular flexibility index (Phi) is 8.90. The van der Waals surface area contributed by atoms with Crippen LogP contribution in [-0.2, 0) is 21.2 Å². The standard InChI is InChI=1S/C27H30ClFN2O4S2/c1-19(2)11-14-30(37(33,34)21-9-7-20(28)8-10-21)17-27(32)31-15-12-26-22(13-16-36-26)24(31)18-35-25-6-4-3-5-23(25)29/h3-10,13,16,19,24H,11-12,14-15,17-18H2,1-2H3/t24-/m1/s1. The predicted octanol–water partition coefficient (Wildman–Crippen LogP) is 5.78. The molecule has 2 heterocycles. The van der Waals surface area contributed by atoms with Crippen LogP contribution < -0.4 is 4.74 Å². The van der Waals surface area contributed by atoms with Gasteiger partial charge >= 0.3 is 0 Å². The summed E-state index contributed by atoms with van der Waals surface area (Å²) >= 11 is 7.57. The molecule has 6 nitrogen and oxygen atoms in total. The van der Waals surface area contributed by atoms with E-state index in [-0.39, 0.29) is 42.2 Å². The Hall–Kier alpha value is -2.46. The molecule has 37 heavy (non-hydrogen) atoms. The molecule has 2 aromatic carbocycles. The quantitative estimate of drug-likeness (QED) is 0.313. The van der Waals surface area contributed by atoms with Gasteiger partial charge in [0.2, 0.25) is 15.9 Å². The second-order valence-electron chi connectivity index (χ2n) is 9.37. The Morgan fingerprint density at radius 3 is 2.62 bits per heavy atom. The molecule has 1 aliphatic heterocycles. The molecule has 0 unspecified atom stereocenters. The number of amides is 1. The number of fused-ring (bicyclic) bond motifs is 1. The summed E-state index contributed by atoms with van der Waals surface area (Å²) < 4.78 is 48.3. The maximum absolute atomic E-state index is 14.2. The molecule has 198 valence electrons. The SMILES string of the molecule is CC(C)CCN(CC(=O)N1CCc2sccc2[C@H]1COc1ccccc1F)S(=O)(=O)c1ccc(Cl)cc1. The minimum Gasteiger partial charge on any atom is -0.488 e. The number of para-hydroxylation sites is 1. The summed E-state index contributed by atoms with van der Waals surface area (Å²) in [5, 5.41) is 2.40. The number of hydrogen-bond donors (Lipinski definition) is 0. The maximum atomic E-state index is 14.2. The van der Waals surface area contributed by atoms with Crippen molar-refractivity contribution in [3.63, 3.8) is 0 Å². The molecular weight excluding hydrogens is 535 g/mol. The van der Waals surface area contributed by atoms with E-state index < -0.39 is 21.9 Å². The van der Waals surface area contributed by atoms with Crippen molar-refractivity contribution in [1.29, 1.82) is 0 Å². The number of carbonyl (C=O) groups excluding carboxylic acids is 1. The van der Waals surface area contributed by atoms with Gasteiger partial charge in [0.1, 0.15) is 6.61 Å². The van der Waals surface area contributed by atoms with Gasteiger partial charge < -0.3 is 9.64 Å². The largest absolute Gasteiger partial charge is 0.488 e. The average Bonchev–Trinajstić information content (AvgIpc) is 3.35. The van der Waals surface area contributed by atoms with Crippen LogP contribution in [0.3, 0.4) is 0 Å². The number of halogens is 2. The molecule has 10 heteroatoms. The van der Waals surface area contributed by atoms with Crippen molar-refractivity contribution >= 4 is 38.9 Å². The summed E-state index contributed by atoms with van der Waals surface area (Å²) in [7, 11) is -3.93. The fourth-order valence-electron chi connectivity index (χ4n) is 4.29. The predicted molar refractivity (Wildman–Crippen MR) is 144 cm³/mol. The zero-order valence-electron chi connectivity index (χ0n) is 20.8. The minimum atomic E-state index is -3.93. The number of benzene rings is 2. The van der Waals surface area contributed by atoms with Crippen LogP contribution in [0, 0.1) is 11.7 Å². The van der Waals surface area contributed by atoms with Crippen molar-refractivity contribution in [2.24, 2.45) is 5.92 Å². The molecule has 1 amide bonds. The van der Waals surface area contributed by atoms with E-state index in [0.717, 1.165) is 10.4 Å². The first kappa shape index (κ1) is 27.6. The lowest BCUT2D eigenvalue weighted by molar-refractivity contribution is -0.135. The first-order valence-electron chi connectivity index (χ1n) is 12.2. The lowest BCUT2D eigenvalue weighted by Crippen LogP contribution is -2.48. The summed E-state index contributed by atoms with van der Waals surface area (Å²) in [6.07, 6.45) is 1.28. The van der Waals surface area contributed by atoms with E-state index in [2.05, 4.69) is 0 Å². The molecular formula is C27H30ClFN2O4S2. The molecule has 0 bridgehead atoms. The van der Waals surface area contributed by atoms with Crippen LogP contribution in [-0.4, -0.2) is 49.8 Å². The van der Waals surface area contributed by atoms with E-state index in [1.54, 1.807) is 34.4 Å². The number of thiophene rings is 1. The highest BCUT2D eigenvalue weighted by atomic mass is 35.5. The molecule has 0 aliphatic carbocycles. The zero-order valence-corrected chi connectivity index (χ0v) is 23.2. The van der Waals surface area contributed by atoms with Gasteiger partial charge in [-0.15, -0.1) is 11.3 Å². The summed E-state index contributed by atoms with van der Waals surface area (Å²) in [5.41, 5.74) is 0.954. The Morgan fingerprint density at radius 2 is 1.92 bits per heavy atom. The average molecular weight is 565 g/mol. The van der Waals surface area contributed by atoms with Crippen LogP contribution in [0.5, 0.6) is 5.75 Å². The van der Waals surface area contributed by atoms with Crippen LogP contribution in [0.4, 0.5) is 4.39 Å². The van der Waals surface area contributed by atoms with Gasteiger partial charge in [-0.2, -0.15) is 4.31 Å². The Morgan fingerprint density at radius 1 is 1.19 bits per heavy atom. The van der Waals surface area contributed by atoms with Crippen molar-refractivity contribution in [3.05, 3.63) is 81.3 Å². The van der Waals surface area contributed by atoms with Crippen molar-refractivity contribution < 1.29 is 22.3 Å². The molecule has 1 aliphatic rings. The van der Waals surface area contributed by atoms with E-state index in [0.29, 0.717) is 24.4 Å². The number of ether oxygens (including phenoxy) is 1. The lowest BCUT2D eigenvalue weighted by atomic mass is 10.0. The maximum Gasteiger partial charge on any atom is 0.243 e. The van der Waals surface area contributed by atoms with E-state index >= 15 is 0 Å². The zero-order chi connectivity index (χ0) is 26.6. The number of rotatable bonds is 10. The van der Waals surface area contributed by atoms with Gasteiger partial charge in [0.05, 0.1) is 17.5 Å². The van der Waals surface area contributed by atoms with Crippen LogP contribution in [0.15, 0.2) is 64.9 Å². The smallest absolute Gasteiger partial charge is 0.243 e. The van der Waals surface area contributed by atoms with Crippen molar-refractivity contribution in [2.45, 2.75) is 37.6 Å². The topological polar surface area (TPSA) is 66.9 Å². The van der Waals surface area contributed by atoms with Gasteiger partial charge in [0.25, 0.3) is 0 Å². The van der Waals surface area contributed by atoms with Crippen LogP contribution >= 0.6 is 22.9 Å². The van der Waals surface area contributed by atoms with E-state index in [9.17, 15) is 17.6 Å². The minimum absolute atomic E-state index is 0.0618. The molecule has 0 radical (unpaired) electrons. The normalized spacial score (nSPS) is 15.7. The third-order valence-corrected chi connectivity index (χ3v) is 9.48. The number of nitrogens with zero attached hydrogens (tertiary/aromatic N) is 2. The van der Waals surface area contributed by atoms with Gasteiger partial charge in [-0.05, 0) is 72.2 Å². The molecule has 1 atom stereocenters. The lowest BCUT2D eigenvalue weighted by Gasteiger charge is -2.37. The molecule has 0 saturated carbocycles. The van der Waals surface area contributed by atoms with Crippen molar-refractivity contribution in [3.8, 4) is 5.75 Å². The fraction of sp³-hybridized carbons (Fsp3) is 0.370. The van der Waals surface area contributed by atoms with Crippen LogP contribution in [0.1, 0.15) is 36.8 Å². The third kappa shape index (κ3) is 6.52. The summed E-state index contributed by atoms with van der Waals surface area (Å²) in [6, 6.07) is 13.6. The second-order valence-corrected chi connectivity index (χ2v) is 12.7. The highest BCUT2D eigenvalue weighted by molar-refractivity contribution is 7.89. The van der Waals surface area contributed by atoms with Gasteiger partial charge in [-0.3, -0.25) is 4.79 Å². The third-order valence-electron chi connectivity index (χ3n) is 6.37. The first-order chi connectivity index (χ1) is 17.7. The molecule has 3 aromatic rings. The second kappa shape index (κ2) is 11.9. The van der Waals surface area contributed by atoms with Gasteiger partial charge in [0, 0.05) is 23.0 Å². The molecule has 0 spiro atoms. The molecule has 0 saturated heterocycles. The highest BCUT2D eigenvalue weighted by Gasteiger charge is 2.35. The summed E-state index contributed by atoms with van der Waals surface area (Å²) in [4.78, 5) is 16.6. The monoisotopic (exact) mass is 564 g/mol. The van der Waals surface area contributed by atoms with Gasteiger partial charge in [-0.1, -0.05) is 37.6 Å². The molecule has 4 rings (SSSR count). The summed E-state index contributed by atoms with van der Waals surface area (Å²) in [5.74, 6) is -0.430. The van der Waals surface area contributed by atoms with E-state index in [1.807, 2.05) is 25.3 Å². The Bertz CT molecular complexity index is 1330. The fourth-order valence-corrected chi connectivity index (χ4v) is 6.75. The molecule has 0 N–H and O–H groups in total. The van der Waals surface area contributed by atoms with E-state index in [1.165, 1.54) is 34.6 Å². The van der Waals surface area contributed by atoms with E-state index in [4.69, 9.17) is 16.3 Å². The Balaban J connectivity index is 1.58. The van der Waals surface area contributed by atoms with Gasteiger partial charge in [0.15, 0.2) is 11.6 Å². The number of sulfonamides is 1. The Labute approximate surface area is 226 Å². The van der Waals surface area contributed by atoms with Crippen LogP contribution in [0.2, 0.25) is 5.02 Å². The van der Waals surface area contributed by atoms with Crippen molar-refractivity contribution in [2.75, 3.05) is 26.2 Å². The van der Waals surface area contributed by atoms with Crippen molar-refractivity contribution in [1.82, 2.24) is 9.21 Å². The molecule has 0 fully saturated rings. The number of carbonyl (C=O) groups is 1. The van der Waals surface area contributed by atoms with Crippen LogP contribution in [0.25, 0.3) is 0 Å². The highest BCUT2D eigenvalue weighted by Crippen LogP contribution is 2.34. The number of hydrogen-bond acceptors (Lipinski definition) is 5.